The summed E-state index contributed by atoms with van der Waals surface area (Å²) >= 11 is 0. The Kier molecular flexibility index (Phi) is 3.26. The maximum atomic E-state index is 4.54. The third-order valence-electron chi connectivity index (χ3n) is 3.53. The highest BCUT2D eigenvalue weighted by Crippen LogP contribution is 2.27. The summed E-state index contributed by atoms with van der Waals surface area (Å²) in [5.41, 5.74) is 0. The van der Waals surface area contributed by atoms with Gasteiger partial charge in [-0.2, -0.15) is 0 Å². The Bertz CT molecular complexity index is 510. The third-order valence-corrected chi connectivity index (χ3v) is 3.53. The van der Waals surface area contributed by atoms with Crippen LogP contribution in [0.25, 0.3) is 0 Å². The highest BCUT2D eigenvalue weighted by molar-refractivity contribution is 5.07. The number of aryl methyl sites for hydroxylation is 2. The van der Waals surface area contributed by atoms with Gasteiger partial charge in [0, 0.05) is 43.7 Å². The Morgan fingerprint density at radius 2 is 2.28 bits per heavy atom. The van der Waals surface area contributed by atoms with E-state index in [1.807, 2.05) is 12.4 Å². The fourth-order valence-electron chi connectivity index (χ4n) is 2.56. The van der Waals surface area contributed by atoms with Crippen molar-refractivity contribution >= 4 is 0 Å². The molecule has 18 heavy (non-hydrogen) atoms. The predicted molar refractivity (Wildman–Crippen MR) is 70.3 cm³/mol. The van der Waals surface area contributed by atoms with Crippen molar-refractivity contribution < 1.29 is 0 Å². The molecule has 2 heterocycles. The third kappa shape index (κ3) is 2.37. The van der Waals surface area contributed by atoms with Crippen molar-refractivity contribution in [2.24, 2.45) is 0 Å². The number of rotatable bonds is 4. The van der Waals surface area contributed by atoms with Gasteiger partial charge >= 0.3 is 0 Å². The van der Waals surface area contributed by atoms with Gasteiger partial charge in [0.25, 0.3) is 0 Å². The molecule has 2 aromatic rings. The van der Waals surface area contributed by atoms with Crippen LogP contribution < -0.4 is 0 Å². The Morgan fingerprint density at radius 1 is 1.28 bits per heavy atom. The second-order valence-electron chi connectivity index (χ2n) is 4.75. The molecule has 0 aliphatic heterocycles. The second-order valence-corrected chi connectivity index (χ2v) is 4.75. The summed E-state index contributed by atoms with van der Waals surface area (Å²) in [6.07, 6.45) is 16.7. The smallest absolute Gasteiger partial charge is 0.112 e. The molecule has 0 bridgehead atoms. The Hall–Kier alpha value is -1.84. The zero-order chi connectivity index (χ0) is 12.2. The van der Waals surface area contributed by atoms with E-state index >= 15 is 0 Å². The molecule has 2 aromatic heterocycles. The van der Waals surface area contributed by atoms with Crippen LogP contribution in [0.15, 0.2) is 36.9 Å². The lowest BCUT2D eigenvalue weighted by molar-refractivity contribution is 0.532. The fraction of sp³-hybridized carbons (Fsp3) is 0.429. The largest absolute Gasteiger partial charge is 0.349 e. The van der Waals surface area contributed by atoms with Crippen molar-refractivity contribution in [3.05, 3.63) is 48.6 Å². The van der Waals surface area contributed by atoms with Crippen LogP contribution in [0.3, 0.4) is 0 Å². The van der Waals surface area contributed by atoms with E-state index in [9.17, 15) is 0 Å². The quantitative estimate of drug-likeness (QED) is 0.838. The van der Waals surface area contributed by atoms with Crippen molar-refractivity contribution in [2.75, 3.05) is 0 Å². The molecule has 1 atom stereocenters. The molecule has 0 saturated carbocycles. The van der Waals surface area contributed by atoms with Crippen molar-refractivity contribution in [1.82, 2.24) is 19.5 Å². The van der Waals surface area contributed by atoms with Crippen molar-refractivity contribution in [3.8, 4) is 0 Å². The zero-order valence-electron chi connectivity index (χ0n) is 10.4. The SMILES string of the molecule is C1=CC[C@H](c2nccn2CCc2ncc[nH]2)CC1. The molecular weight excluding hydrogens is 224 g/mol. The normalized spacial score (nSPS) is 19.2. The number of aromatic amines is 1. The molecule has 1 aliphatic carbocycles. The van der Waals surface area contributed by atoms with Crippen molar-refractivity contribution in [3.63, 3.8) is 0 Å². The summed E-state index contributed by atoms with van der Waals surface area (Å²) in [5.74, 6) is 2.85. The highest BCUT2D eigenvalue weighted by Gasteiger charge is 2.17. The van der Waals surface area contributed by atoms with Gasteiger partial charge in [-0.15, -0.1) is 0 Å². The molecule has 0 aromatic carbocycles. The molecule has 4 nitrogen and oxygen atoms in total. The van der Waals surface area contributed by atoms with Gasteiger partial charge in [-0.3, -0.25) is 0 Å². The van der Waals surface area contributed by atoms with Crippen molar-refractivity contribution in [1.29, 1.82) is 0 Å². The van der Waals surface area contributed by atoms with Crippen LogP contribution >= 0.6 is 0 Å². The summed E-state index contributed by atoms with van der Waals surface area (Å²) in [4.78, 5) is 11.9. The molecule has 1 aliphatic rings. The number of hydrogen-bond acceptors (Lipinski definition) is 2. The summed E-state index contributed by atoms with van der Waals surface area (Å²) in [7, 11) is 0. The molecule has 0 amide bonds. The van der Waals surface area contributed by atoms with E-state index in [1.165, 1.54) is 18.7 Å². The minimum atomic E-state index is 0.585. The first-order valence-electron chi connectivity index (χ1n) is 6.58. The first-order valence-corrected chi connectivity index (χ1v) is 6.58. The van der Waals surface area contributed by atoms with E-state index in [0.717, 1.165) is 25.2 Å². The van der Waals surface area contributed by atoms with E-state index in [2.05, 4.69) is 37.9 Å². The number of hydrogen-bond donors (Lipinski definition) is 1. The summed E-state index contributed by atoms with van der Waals surface area (Å²) in [6.45, 7) is 0.947. The molecule has 0 unspecified atom stereocenters. The summed E-state index contributed by atoms with van der Waals surface area (Å²) in [6, 6.07) is 0. The van der Waals surface area contributed by atoms with Crippen molar-refractivity contribution in [2.45, 2.75) is 38.1 Å². The van der Waals surface area contributed by atoms with E-state index < -0.39 is 0 Å². The van der Waals surface area contributed by atoms with E-state index in [1.54, 1.807) is 6.20 Å². The van der Waals surface area contributed by atoms with E-state index in [-0.39, 0.29) is 0 Å². The van der Waals surface area contributed by atoms with Crippen LogP contribution in [0, 0.1) is 0 Å². The molecule has 0 radical (unpaired) electrons. The number of aromatic nitrogens is 4. The lowest BCUT2D eigenvalue weighted by Crippen LogP contribution is -2.11. The van der Waals surface area contributed by atoms with Crippen LogP contribution in [0.4, 0.5) is 0 Å². The van der Waals surface area contributed by atoms with E-state index in [4.69, 9.17) is 0 Å². The van der Waals surface area contributed by atoms with Gasteiger partial charge in [0.2, 0.25) is 0 Å². The molecule has 0 fully saturated rings. The van der Waals surface area contributed by atoms with Gasteiger partial charge < -0.3 is 9.55 Å². The van der Waals surface area contributed by atoms with Crippen LogP contribution in [0.5, 0.6) is 0 Å². The van der Waals surface area contributed by atoms with Gasteiger partial charge in [0.15, 0.2) is 0 Å². The minimum Gasteiger partial charge on any atom is -0.349 e. The lowest BCUT2D eigenvalue weighted by Gasteiger charge is -2.18. The Morgan fingerprint density at radius 3 is 3.06 bits per heavy atom. The first kappa shape index (κ1) is 11.3. The highest BCUT2D eigenvalue weighted by atomic mass is 15.1. The van der Waals surface area contributed by atoms with Crippen LogP contribution in [0.2, 0.25) is 0 Å². The van der Waals surface area contributed by atoms with Gasteiger partial charge in [-0.1, -0.05) is 12.2 Å². The number of H-pyrrole nitrogens is 1. The number of nitrogens with zero attached hydrogens (tertiary/aromatic N) is 3. The number of imidazole rings is 2. The average molecular weight is 242 g/mol. The predicted octanol–water partition coefficient (Wildman–Crippen LogP) is 2.67. The maximum Gasteiger partial charge on any atom is 0.112 e. The number of nitrogens with one attached hydrogen (secondary N) is 1. The van der Waals surface area contributed by atoms with Crippen LogP contribution in [0.1, 0.15) is 36.8 Å². The Balaban J connectivity index is 1.69. The average Bonchev–Trinajstić information content (AvgIpc) is 3.09. The molecule has 3 rings (SSSR count). The minimum absolute atomic E-state index is 0.585. The molecule has 1 N–H and O–H groups in total. The van der Waals surface area contributed by atoms with Gasteiger partial charge in [-0.25, -0.2) is 9.97 Å². The topological polar surface area (TPSA) is 46.5 Å². The number of allylic oxidation sites excluding steroid dienone is 2. The monoisotopic (exact) mass is 242 g/mol. The summed E-state index contributed by atoms with van der Waals surface area (Å²) < 4.78 is 2.27. The second kappa shape index (κ2) is 5.21. The van der Waals surface area contributed by atoms with Gasteiger partial charge in [-0.05, 0) is 19.3 Å². The Labute approximate surface area is 107 Å². The molecule has 4 heteroatoms. The van der Waals surface area contributed by atoms with Gasteiger partial charge in [0.05, 0.1) is 0 Å². The summed E-state index contributed by atoms with van der Waals surface area (Å²) in [5, 5.41) is 0. The standard InChI is InChI=1S/C14H18N4/c1-2-4-12(5-3-1)14-17-9-11-18(14)10-6-13-15-7-8-16-13/h1-2,7-9,11-12H,3-6,10H2,(H,15,16)/t12-/m0/s1. The van der Waals surface area contributed by atoms with Crippen LogP contribution in [-0.4, -0.2) is 19.5 Å². The maximum absolute atomic E-state index is 4.54. The lowest BCUT2D eigenvalue weighted by atomic mass is 9.93. The van der Waals surface area contributed by atoms with Gasteiger partial charge in [0.1, 0.15) is 11.6 Å². The van der Waals surface area contributed by atoms with E-state index in [0.29, 0.717) is 5.92 Å². The molecule has 0 saturated heterocycles. The molecule has 0 spiro atoms. The molecular formula is C14H18N4. The zero-order valence-corrected chi connectivity index (χ0v) is 10.4. The fourth-order valence-corrected chi connectivity index (χ4v) is 2.56. The first-order chi connectivity index (χ1) is 8.93. The van der Waals surface area contributed by atoms with Crippen LogP contribution in [-0.2, 0) is 13.0 Å². The molecule has 94 valence electrons.